The van der Waals surface area contributed by atoms with Crippen molar-refractivity contribution in [3.63, 3.8) is 0 Å². The lowest BCUT2D eigenvalue weighted by Gasteiger charge is -2.37. The molecule has 2 aliphatic heterocycles. The Bertz CT molecular complexity index is 354. The topological polar surface area (TPSA) is 31.4 Å². The molecule has 0 spiro atoms. The third-order valence-corrected chi connectivity index (χ3v) is 4.94. The fraction of sp³-hybridized carbons (Fsp3) is 0.786. The molecule has 0 aromatic carbocycles. The molecule has 2 fully saturated rings. The molecular weight excluding hydrogens is 256 g/mol. The summed E-state index contributed by atoms with van der Waals surface area (Å²) in [6.45, 7) is 9.63. The Balaban J connectivity index is 1.39. The van der Waals surface area contributed by atoms with Crippen molar-refractivity contribution in [2.45, 2.75) is 19.4 Å². The first kappa shape index (κ1) is 13.5. The molecule has 3 rings (SSSR count). The predicted molar refractivity (Wildman–Crippen MR) is 79.4 cm³/mol. The Labute approximate surface area is 119 Å². The van der Waals surface area contributed by atoms with Crippen LogP contribution in [-0.2, 0) is 6.54 Å². The van der Waals surface area contributed by atoms with E-state index in [0.29, 0.717) is 0 Å². The molecule has 0 saturated carbocycles. The van der Waals surface area contributed by atoms with Crippen LogP contribution in [0.1, 0.15) is 18.5 Å². The summed E-state index contributed by atoms with van der Waals surface area (Å²) in [6.07, 6.45) is 2.72. The minimum atomic E-state index is 0.923. The molecule has 4 nitrogen and oxygen atoms in total. The summed E-state index contributed by atoms with van der Waals surface area (Å²) >= 11 is 1.70. The number of hydrogen-bond donors (Lipinski definition) is 1. The Morgan fingerprint density at radius 2 is 1.89 bits per heavy atom. The number of piperazine rings is 1. The summed E-state index contributed by atoms with van der Waals surface area (Å²) < 4.78 is 0. The monoisotopic (exact) mass is 280 g/mol. The van der Waals surface area contributed by atoms with Crippen LogP contribution in [0.2, 0.25) is 0 Å². The normalized spacial score (nSPS) is 23.8. The van der Waals surface area contributed by atoms with Crippen molar-refractivity contribution in [2.75, 3.05) is 45.8 Å². The SMILES string of the molecule is c1nc(CN2CCN(CC3CCNCC3)CC2)cs1. The molecule has 0 atom stereocenters. The van der Waals surface area contributed by atoms with Gasteiger partial charge in [-0.2, -0.15) is 0 Å². The largest absolute Gasteiger partial charge is 0.317 e. The highest BCUT2D eigenvalue weighted by Crippen LogP contribution is 2.15. The molecule has 3 heterocycles. The first-order valence-corrected chi connectivity index (χ1v) is 8.37. The van der Waals surface area contributed by atoms with Gasteiger partial charge in [0.05, 0.1) is 11.2 Å². The van der Waals surface area contributed by atoms with Gasteiger partial charge in [0.15, 0.2) is 0 Å². The van der Waals surface area contributed by atoms with Crippen LogP contribution in [0.15, 0.2) is 10.9 Å². The molecule has 0 radical (unpaired) electrons. The minimum Gasteiger partial charge on any atom is -0.317 e. The van der Waals surface area contributed by atoms with E-state index in [1.54, 1.807) is 11.3 Å². The Morgan fingerprint density at radius 3 is 2.58 bits per heavy atom. The number of nitrogens with one attached hydrogen (secondary N) is 1. The van der Waals surface area contributed by atoms with Crippen molar-refractivity contribution in [1.82, 2.24) is 20.1 Å². The third kappa shape index (κ3) is 3.99. The highest BCUT2D eigenvalue weighted by molar-refractivity contribution is 7.07. The van der Waals surface area contributed by atoms with Gasteiger partial charge >= 0.3 is 0 Å². The fourth-order valence-electron chi connectivity index (χ4n) is 3.10. The first-order valence-electron chi connectivity index (χ1n) is 7.42. The fourth-order valence-corrected chi connectivity index (χ4v) is 3.65. The van der Waals surface area contributed by atoms with Crippen LogP contribution < -0.4 is 5.32 Å². The van der Waals surface area contributed by atoms with Gasteiger partial charge in [-0.25, -0.2) is 4.98 Å². The molecule has 2 aliphatic rings. The van der Waals surface area contributed by atoms with E-state index in [-0.39, 0.29) is 0 Å². The number of nitrogens with zero attached hydrogens (tertiary/aromatic N) is 3. The Kier molecular flexibility index (Phi) is 4.82. The van der Waals surface area contributed by atoms with Gasteiger partial charge in [-0.15, -0.1) is 11.3 Å². The van der Waals surface area contributed by atoms with E-state index >= 15 is 0 Å². The maximum absolute atomic E-state index is 4.38. The highest BCUT2D eigenvalue weighted by Gasteiger charge is 2.21. The minimum absolute atomic E-state index is 0.923. The van der Waals surface area contributed by atoms with E-state index in [9.17, 15) is 0 Å². The van der Waals surface area contributed by atoms with Crippen molar-refractivity contribution < 1.29 is 0 Å². The van der Waals surface area contributed by atoms with Crippen LogP contribution in [0.3, 0.4) is 0 Å². The number of rotatable bonds is 4. The lowest BCUT2D eigenvalue weighted by molar-refractivity contribution is 0.106. The summed E-state index contributed by atoms with van der Waals surface area (Å²) in [7, 11) is 0. The number of hydrogen-bond acceptors (Lipinski definition) is 5. The maximum Gasteiger partial charge on any atom is 0.0795 e. The molecule has 19 heavy (non-hydrogen) atoms. The second-order valence-electron chi connectivity index (χ2n) is 5.75. The molecule has 0 unspecified atom stereocenters. The van der Waals surface area contributed by atoms with Crippen molar-refractivity contribution in [3.8, 4) is 0 Å². The summed E-state index contributed by atoms with van der Waals surface area (Å²) in [5.41, 5.74) is 3.17. The molecule has 1 aromatic rings. The Morgan fingerprint density at radius 1 is 1.16 bits per heavy atom. The van der Waals surface area contributed by atoms with Crippen molar-refractivity contribution in [2.24, 2.45) is 5.92 Å². The zero-order valence-electron chi connectivity index (χ0n) is 11.6. The molecule has 106 valence electrons. The second-order valence-corrected chi connectivity index (χ2v) is 6.47. The molecule has 5 heteroatoms. The van der Waals surface area contributed by atoms with E-state index < -0.39 is 0 Å². The van der Waals surface area contributed by atoms with Crippen molar-refractivity contribution in [1.29, 1.82) is 0 Å². The first-order chi connectivity index (χ1) is 9.40. The van der Waals surface area contributed by atoms with Crippen LogP contribution in [0.5, 0.6) is 0 Å². The van der Waals surface area contributed by atoms with Gasteiger partial charge < -0.3 is 10.2 Å². The summed E-state index contributed by atoms with van der Waals surface area (Å²) in [5, 5.41) is 5.62. The second kappa shape index (κ2) is 6.79. The van der Waals surface area contributed by atoms with Crippen LogP contribution in [0.4, 0.5) is 0 Å². The van der Waals surface area contributed by atoms with Gasteiger partial charge in [-0.1, -0.05) is 0 Å². The van der Waals surface area contributed by atoms with E-state index in [2.05, 4.69) is 25.5 Å². The van der Waals surface area contributed by atoms with Gasteiger partial charge in [-0.3, -0.25) is 4.90 Å². The highest BCUT2D eigenvalue weighted by atomic mass is 32.1. The van der Waals surface area contributed by atoms with Gasteiger partial charge in [0.2, 0.25) is 0 Å². The molecule has 0 bridgehead atoms. The van der Waals surface area contributed by atoms with E-state index in [1.165, 1.54) is 64.3 Å². The molecule has 2 saturated heterocycles. The van der Waals surface area contributed by atoms with Crippen LogP contribution in [-0.4, -0.2) is 60.6 Å². The lowest BCUT2D eigenvalue weighted by Crippen LogP contribution is -2.48. The molecule has 1 aromatic heterocycles. The Hall–Kier alpha value is -0.490. The zero-order valence-corrected chi connectivity index (χ0v) is 12.4. The van der Waals surface area contributed by atoms with Crippen LogP contribution >= 0.6 is 11.3 Å². The summed E-state index contributed by atoms with van der Waals surface area (Å²) in [4.78, 5) is 9.58. The van der Waals surface area contributed by atoms with E-state index in [4.69, 9.17) is 0 Å². The maximum atomic E-state index is 4.38. The van der Waals surface area contributed by atoms with Gasteiger partial charge in [-0.05, 0) is 31.8 Å². The number of thiazole rings is 1. The standard InChI is InChI=1S/C14H24N4S/c1-3-15-4-2-13(1)9-17-5-7-18(8-6-17)10-14-11-19-12-16-14/h11-13,15H,1-10H2. The molecule has 0 amide bonds. The number of piperidine rings is 1. The summed E-state index contributed by atoms with van der Waals surface area (Å²) in [5.74, 6) is 0.923. The lowest BCUT2D eigenvalue weighted by atomic mass is 9.97. The third-order valence-electron chi connectivity index (χ3n) is 4.31. The molecule has 1 N–H and O–H groups in total. The van der Waals surface area contributed by atoms with E-state index in [1.807, 2.05) is 5.51 Å². The number of aromatic nitrogens is 1. The van der Waals surface area contributed by atoms with Gasteiger partial charge in [0.25, 0.3) is 0 Å². The average molecular weight is 280 g/mol. The molecular formula is C14H24N4S. The predicted octanol–water partition coefficient (Wildman–Crippen LogP) is 1.26. The van der Waals surface area contributed by atoms with Crippen molar-refractivity contribution >= 4 is 11.3 Å². The van der Waals surface area contributed by atoms with Crippen molar-refractivity contribution in [3.05, 3.63) is 16.6 Å². The average Bonchev–Trinajstić information content (AvgIpc) is 2.95. The quantitative estimate of drug-likeness (QED) is 0.900. The van der Waals surface area contributed by atoms with Crippen LogP contribution in [0.25, 0.3) is 0 Å². The van der Waals surface area contributed by atoms with E-state index in [0.717, 1.165) is 12.5 Å². The van der Waals surface area contributed by atoms with Gasteiger partial charge in [0, 0.05) is 44.6 Å². The summed E-state index contributed by atoms with van der Waals surface area (Å²) in [6, 6.07) is 0. The van der Waals surface area contributed by atoms with Crippen LogP contribution in [0, 0.1) is 5.92 Å². The smallest absolute Gasteiger partial charge is 0.0795 e. The molecule has 0 aliphatic carbocycles. The van der Waals surface area contributed by atoms with Gasteiger partial charge in [0.1, 0.15) is 0 Å². The zero-order chi connectivity index (χ0) is 12.9.